The lowest BCUT2D eigenvalue weighted by molar-refractivity contribution is -0.113. The molecule has 8 heteroatoms. The van der Waals surface area contributed by atoms with E-state index in [1.54, 1.807) is 19.2 Å². The molecule has 0 aliphatic heterocycles. The number of halogens is 1. The molecule has 1 amide bonds. The van der Waals surface area contributed by atoms with Gasteiger partial charge in [0.2, 0.25) is 11.1 Å². The third kappa shape index (κ3) is 4.56. The highest BCUT2D eigenvalue weighted by molar-refractivity contribution is 7.99. The third-order valence-corrected chi connectivity index (χ3v) is 4.64. The highest BCUT2D eigenvalue weighted by Crippen LogP contribution is 2.26. The molecule has 1 aromatic heterocycles. The molecule has 0 saturated heterocycles. The molecule has 0 saturated carbocycles. The smallest absolute Gasteiger partial charge is 0.234 e. The Morgan fingerprint density at radius 2 is 2.04 bits per heavy atom. The molecule has 3 rings (SSSR count). The number of aromatic nitrogens is 3. The van der Waals surface area contributed by atoms with Crippen LogP contribution in [-0.4, -0.2) is 34.0 Å². The highest BCUT2D eigenvalue weighted by atomic mass is 35.5. The fourth-order valence-corrected chi connectivity index (χ4v) is 3.01. The molecule has 0 bridgehead atoms. The van der Waals surface area contributed by atoms with Crippen molar-refractivity contribution in [3.8, 4) is 17.1 Å². The van der Waals surface area contributed by atoms with E-state index in [2.05, 4.69) is 20.5 Å². The monoisotopic (exact) mass is 388 g/mol. The predicted molar refractivity (Wildman–Crippen MR) is 104 cm³/mol. The van der Waals surface area contributed by atoms with Crippen LogP contribution in [-0.2, 0) is 4.79 Å². The Hall–Kier alpha value is -2.51. The van der Waals surface area contributed by atoms with Crippen molar-refractivity contribution in [1.82, 2.24) is 15.2 Å². The van der Waals surface area contributed by atoms with Gasteiger partial charge in [0, 0.05) is 10.6 Å². The molecule has 0 unspecified atom stereocenters. The number of ether oxygens (including phenoxy) is 1. The quantitative estimate of drug-likeness (QED) is 0.619. The number of methoxy groups -OCH3 is 1. The molecule has 0 radical (unpaired) electrons. The van der Waals surface area contributed by atoms with Crippen molar-refractivity contribution < 1.29 is 9.53 Å². The number of aryl methyl sites for hydroxylation is 1. The minimum Gasteiger partial charge on any atom is -0.495 e. The maximum absolute atomic E-state index is 12.2. The van der Waals surface area contributed by atoms with Crippen molar-refractivity contribution in [2.75, 3.05) is 18.2 Å². The van der Waals surface area contributed by atoms with Gasteiger partial charge in [0.15, 0.2) is 5.82 Å². The summed E-state index contributed by atoms with van der Waals surface area (Å²) >= 11 is 7.13. The van der Waals surface area contributed by atoms with Crippen LogP contribution in [0.5, 0.6) is 5.75 Å². The molecule has 0 spiro atoms. The number of H-pyrrole nitrogens is 1. The van der Waals surface area contributed by atoms with E-state index in [-0.39, 0.29) is 11.7 Å². The molecular formula is C18H17ClN4O2S. The topological polar surface area (TPSA) is 79.9 Å². The molecule has 1 heterocycles. The SMILES string of the molecule is COc1ccc(C)cc1NC(=O)CSc1n[nH]c(-c2ccc(Cl)cc2)n1. The van der Waals surface area contributed by atoms with Crippen LogP contribution < -0.4 is 10.1 Å². The molecule has 0 aliphatic carbocycles. The molecule has 3 aromatic rings. The summed E-state index contributed by atoms with van der Waals surface area (Å²) < 4.78 is 5.26. The van der Waals surface area contributed by atoms with Crippen LogP contribution >= 0.6 is 23.4 Å². The number of benzene rings is 2. The van der Waals surface area contributed by atoms with Crippen molar-refractivity contribution in [2.45, 2.75) is 12.1 Å². The van der Waals surface area contributed by atoms with Gasteiger partial charge >= 0.3 is 0 Å². The van der Waals surface area contributed by atoms with Gasteiger partial charge in [-0.25, -0.2) is 4.98 Å². The largest absolute Gasteiger partial charge is 0.495 e. The minimum atomic E-state index is -0.156. The summed E-state index contributed by atoms with van der Waals surface area (Å²) in [6.45, 7) is 1.95. The van der Waals surface area contributed by atoms with Crippen LogP contribution in [0.2, 0.25) is 5.02 Å². The maximum Gasteiger partial charge on any atom is 0.234 e. The first-order valence-corrected chi connectivity index (χ1v) is 9.17. The number of anilines is 1. The Morgan fingerprint density at radius 3 is 2.77 bits per heavy atom. The average molecular weight is 389 g/mol. The maximum atomic E-state index is 12.2. The molecule has 6 nitrogen and oxygen atoms in total. The van der Waals surface area contributed by atoms with Gasteiger partial charge in [0.25, 0.3) is 0 Å². The van der Waals surface area contributed by atoms with Crippen molar-refractivity contribution in [3.05, 3.63) is 53.1 Å². The third-order valence-electron chi connectivity index (χ3n) is 3.54. The van der Waals surface area contributed by atoms with Gasteiger partial charge in [-0.15, -0.1) is 5.10 Å². The molecule has 2 N–H and O–H groups in total. The fourth-order valence-electron chi connectivity index (χ4n) is 2.28. The van der Waals surface area contributed by atoms with Gasteiger partial charge < -0.3 is 10.1 Å². The Morgan fingerprint density at radius 1 is 1.27 bits per heavy atom. The van der Waals surface area contributed by atoms with E-state index in [0.29, 0.717) is 27.4 Å². The van der Waals surface area contributed by atoms with Gasteiger partial charge in [-0.1, -0.05) is 29.4 Å². The summed E-state index contributed by atoms with van der Waals surface area (Å²) in [6.07, 6.45) is 0. The van der Waals surface area contributed by atoms with E-state index in [4.69, 9.17) is 16.3 Å². The summed E-state index contributed by atoms with van der Waals surface area (Å²) in [5.41, 5.74) is 2.56. The number of rotatable bonds is 6. The van der Waals surface area contributed by atoms with Crippen LogP contribution in [0.3, 0.4) is 0 Å². The minimum absolute atomic E-state index is 0.156. The van der Waals surface area contributed by atoms with E-state index in [1.165, 1.54) is 11.8 Å². The molecular weight excluding hydrogens is 372 g/mol. The number of nitrogens with one attached hydrogen (secondary N) is 2. The summed E-state index contributed by atoms with van der Waals surface area (Å²) in [7, 11) is 1.57. The Bertz CT molecular complexity index is 912. The van der Waals surface area contributed by atoms with Crippen molar-refractivity contribution in [1.29, 1.82) is 0 Å². The van der Waals surface area contributed by atoms with Gasteiger partial charge in [0.05, 0.1) is 18.6 Å². The zero-order valence-corrected chi connectivity index (χ0v) is 15.8. The Kier molecular flexibility index (Phi) is 5.80. The molecule has 134 valence electrons. The number of aromatic amines is 1. The summed E-state index contributed by atoms with van der Waals surface area (Å²) in [5, 5.41) is 11.0. The number of thioether (sulfide) groups is 1. The van der Waals surface area contributed by atoms with Crippen LogP contribution in [0.15, 0.2) is 47.6 Å². The first kappa shape index (κ1) is 18.3. The van der Waals surface area contributed by atoms with Crippen LogP contribution in [0.25, 0.3) is 11.4 Å². The summed E-state index contributed by atoms with van der Waals surface area (Å²) in [4.78, 5) is 16.6. The Balaban J connectivity index is 1.60. The highest BCUT2D eigenvalue weighted by Gasteiger charge is 2.11. The number of hydrogen-bond acceptors (Lipinski definition) is 5. The van der Waals surface area contributed by atoms with E-state index in [1.807, 2.05) is 37.3 Å². The van der Waals surface area contributed by atoms with Gasteiger partial charge in [-0.3, -0.25) is 9.89 Å². The number of nitrogens with zero attached hydrogens (tertiary/aromatic N) is 2. The molecule has 0 fully saturated rings. The van der Waals surface area contributed by atoms with E-state index in [0.717, 1.165) is 11.1 Å². The van der Waals surface area contributed by atoms with Gasteiger partial charge in [0.1, 0.15) is 5.75 Å². The fraction of sp³-hybridized carbons (Fsp3) is 0.167. The number of amides is 1. The number of carbonyl (C=O) groups is 1. The molecule has 2 aromatic carbocycles. The second-order valence-corrected chi connectivity index (χ2v) is 6.89. The lowest BCUT2D eigenvalue weighted by Gasteiger charge is -2.10. The van der Waals surface area contributed by atoms with Crippen LogP contribution in [0.1, 0.15) is 5.56 Å². The predicted octanol–water partition coefficient (Wildman–Crippen LogP) is 4.17. The second kappa shape index (κ2) is 8.25. The Labute approximate surface area is 160 Å². The van der Waals surface area contributed by atoms with Crippen molar-refractivity contribution in [3.63, 3.8) is 0 Å². The van der Waals surface area contributed by atoms with Crippen LogP contribution in [0.4, 0.5) is 5.69 Å². The normalized spacial score (nSPS) is 10.6. The molecule has 0 aliphatic rings. The summed E-state index contributed by atoms with van der Waals surface area (Å²) in [5.74, 6) is 1.29. The lowest BCUT2D eigenvalue weighted by Crippen LogP contribution is -2.15. The molecule has 0 atom stereocenters. The zero-order valence-electron chi connectivity index (χ0n) is 14.2. The van der Waals surface area contributed by atoms with E-state index < -0.39 is 0 Å². The number of carbonyl (C=O) groups excluding carboxylic acids is 1. The van der Waals surface area contributed by atoms with E-state index >= 15 is 0 Å². The van der Waals surface area contributed by atoms with Gasteiger partial charge in [-0.05, 0) is 48.9 Å². The van der Waals surface area contributed by atoms with E-state index in [9.17, 15) is 4.79 Å². The zero-order chi connectivity index (χ0) is 18.5. The van der Waals surface area contributed by atoms with Crippen LogP contribution in [0, 0.1) is 6.92 Å². The molecule has 26 heavy (non-hydrogen) atoms. The standard InChI is InChI=1S/C18H17ClN4O2S/c1-11-3-8-15(25-2)14(9-11)20-16(24)10-26-18-21-17(22-23-18)12-4-6-13(19)7-5-12/h3-9H,10H2,1-2H3,(H,20,24)(H,21,22,23). The second-order valence-electron chi connectivity index (χ2n) is 5.51. The average Bonchev–Trinajstić information content (AvgIpc) is 3.10. The van der Waals surface area contributed by atoms with Crippen molar-refractivity contribution in [2.24, 2.45) is 0 Å². The van der Waals surface area contributed by atoms with Crippen molar-refractivity contribution >= 4 is 35.0 Å². The first-order valence-electron chi connectivity index (χ1n) is 7.81. The lowest BCUT2D eigenvalue weighted by atomic mass is 10.2. The summed E-state index contributed by atoms with van der Waals surface area (Å²) in [6, 6.07) is 12.9. The van der Waals surface area contributed by atoms with Gasteiger partial charge in [-0.2, -0.15) is 0 Å². The first-order chi connectivity index (χ1) is 12.5. The number of hydrogen-bond donors (Lipinski definition) is 2.